The van der Waals surface area contributed by atoms with Crippen LogP contribution in [0.4, 0.5) is 0 Å². The minimum Gasteiger partial charge on any atom is -0.267 e. The maximum atomic E-state index is 12.7. The van der Waals surface area contributed by atoms with Crippen LogP contribution in [-0.4, -0.2) is 41.2 Å². The minimum atomic E-state index is -0.709. The molecule has 3 heterocycles. The molecule has 0 atom stereocenters. The van der Waals surface area contributed by atoms with Crippen molar-refractivity contribution in [2.75, 3.05) is 0 Å². The zero-order valence-electron chi connectivity index (χ0n) is 16.5. The fourth-order valence-electron chi connectivity index (χ4n) is 3.11. The Labute approximate surface area is 169 Å². The van der Waals surface area contributed by atoms with Gasteiger partial charge in [0.2, 0.25) is 5.82 Å². The monoisotopic (exact) mass is 406 g/mol. The van der Waals surface area contributed by atoms with Gasteiger partial charge in [-0.05, 0) is 32.9 Å². The molecule has 0 spiro atoms. The van der Waals surface area contributed by atoms with Gasteiger partial charge in [-0.1, -0.05) is 18.2 Å². The zero-order valence-corrected chi connectivity index (χ0v) is 16.5. The van der Waals surface area contributed by atoms with E-state index in [1.807, 2.05) is 19.9 Å². The molecular formula is C19H18N8O3. The van der Waals surface area contributed by atoms with Gasteiger partial charge in [0.15, 0.2) is 5.69 Å². The Morgan fingerprint density at radius 1 is 1.00 bits per heavy atom. The highest BCUT2D eigenvalue weighted by Crippen LogP contribution is 2.13. The minimum absolute atomic E-state index is 0.0171. The molecule has 0 aliphatic carbocycles. The summed E-state index contributed by atoms with van der Waals surface area (Å²) < 4.78 is 2.63. The van der Waals surface area contributed by atoms with Crippen LogP contribution in [-0.2, 0) is 6.54 Å². The topological polar surface area (TPSA) is 136 Å². The van der Waals surface area contributed by atoms with Gasteiger partial charge in [0.1, 0.15) is 0 Å². The highest BCUT2D eigenvalue weighted by atomic mass is 16.2. The lowest BCUT2D eigenvalue weighted by Crippen LogP contribution is -2.43. The van der Waals surface area contributed by atoms with Crippen molar-refractivity contribution >= 4 is 28.4 Å². The Balaban J connectivity index is 1.60. The summed E-state index contributed by atoms with van der Waals surface area (Å²) in [5.74, 6) is -1.24. The lowest BCUT2D eigenvalue weighted by atomic mass is 10.1. The quantitative estimate of drug-likeness (QED) is 0.474. The van der Waals surface area contributed by atoms with Crippen LogP contribution in [0.3, 0.4) is 0 Å². The molecule has 11 nitrogen and oxygen atoms in total. The molecule has 30 heavy (non-hydrogen) atoms. The van der Waals surface area contributed by atoms with Crippen molar-refractivity contribution in [3.05, 3.63) is 63.6 Å². The molecule has 3 aromatic heterocycles. The van der Waals surface area contributed by atoms with E-state index in [-0.39, 0.29) is 22.9 Å². The van der Waals surface area contributed by atoms with Gasteiger partial charge >= 0.3 is 5.91 Å². The van der Waals surface area contributed by atoms with Gasteiger partial charge in [0, 0.05) is 23.3 Å². The van der Waals surface area contributed by atoms with Gasteiger partial charge in [0.05, 0.1) is 5.39 Å². The molecule has 0 aliphatic rings. The first-order valence-corrected chi connectivity index (χ1v) is 9.20. The van der Waals surface area contributed by atoms with Gasteiger partial charge in [-0.3, -0.25) is 25.2 Å². The number of rotatable bonds is 3. The van der Waals surface area contributed by atoms with E-state index in [0.717, 1.165) is 11.4 Å². The molecule has 152 valence electrons. The van der Waals surface area contributed by atoms with Crippen molar-refractivity contribution in [1.82, 2.24) is 40.2 Å². The first kappa shape index (κ1) is 19.2. The van der Waals surface area contributed by atoms with Crippen molar-refractivity contribution in [2.24, 2.45) is 0 Å². The van der Waals surface area contributed by atoms with Gasteiger partial charge in [-0.25, -0.2) is 14.2 Å². The summed E-state index contributed by atoms with van der Waals surface area (Å²) in [6.07, 6.45) is 0. The summed E-state index contributed by atoms with van der Waals surface area (Å²) in [7, 11) is 0. The van der Waals surface area contributed by atoms with Crippen molar-refractivity contribution in [2.45, 2.75) is 27.3 Å². The number of hydrogen-bond acceptors (Lipinski definition) is 7. The summed E-state index contributed by atoms with van der Waals surface area (Å²) in [5, 5.41) is 8.99. The highest BCUT2D eigenvalue weighted by molar-refractivity contribution is 6.05. The summed E-state index contributed by atoms with van der Waals surface area (Å²) >= 11 is 0. The summed E-state index contributed by atoms with van der Waals surface area (Å²) in [6, 6.07) is 8.47. The van der Waals surface area contributed by atoms with E-state index in [1.54, 1.807) is 31.2 Å². The summed E-state index contributed by atoms with van der Waals surface area (Å²) in [5.41, 5.74) is 5.82. The average molecular weight is 406 g/mol. The predicted molar refractivity (Wildman–Crippen MR) is 107 cm³/mol. The number of hydrogen-bond donors (Lipinski definition) is 2. The molecule has 0 bridgehead atoms. The number of nitrogens with zero attached hydrogens (tertiary/aromatic N) is 6. The number of fused-ring (bicyclic) bond motifs is 2. The Morgan fingerprint density at radius 2 is 1.70 bits per heavy atom. The summed E-state index contributed by atoms with van der Waals surface area (Å²) in [4.78, 5) is 45.8. The maximum Gasteiger partial charge on any atom is 0.309 e. The molecule has 0 radical (unpaired) electrons. The molecule has 0 fully saturated rings. The second kappa shape index (κ2) is 7.35. The van der Waals surface area contributed by atoms with Crippen molar-refractivity contribution in [3.63, 3.8) is 0 Å². The lowest BCUT2D eigenvalue weighted by molar-refractivity contribution is 0.0838. The van der Waals surface area contributed by atoms with Crippen LogP contribution in [0.2, 0.25) is 0 Å². The van der Waals surface area contributed by atoms with Crippen molar-refractivity contribution < 1.29 is 9.59 Å². The fraction of sp³-hybridized carbons (Fsp3) is 0.211. The fourth-order valence-corrected chi connectivity index (χ4v) is 3.11. The van der Waals surface area contributed by atoms with E-state index in [9.17, 15) is 14.4 Å². The number of hydrazine groups is 1. The van der Waals surface area contributed by atoms with Crippen molar-refractivity contribution in [3.8, 4) is 0 Å². The highest BCUT2D eigenvalue weighted by Gasteiger charge is 2.19. The van der Waals surface area contributed by atoms with Crippen LogP contribution in [0, 0.1) is 13.8 Å². The Bertz CT molecular complexity index is 1370. The first-order valence-electron chi connectivity index (χ1n) is 9.20. The zero-order chi connectivity index (χ0) is 21.4. The third-order valence-electron chi connectivity index (χ3n) is 4.49. The van der Waals surface area contributed by atoms with Crippen LogP contribution in [0.5, 0.6) is 0 Å². The standard InChI is InChI=1S/C19H18N8O3/c1-4-26-18(30)13-8-6-5-7-12(13)14(24-26)16(28)22-23-17(29)15-21-19-20-10(2)9-11(3)27(19)25-15/h5-9H,4H2,1-3H3,(H,22,28)(H,23,29). The molecule has 0 unspecified atom stereocenters. The van der Waals surface area contributed by atoms with Crippen LogP contribution in [0.15, 0.2) is 35.1 Å². The van der Waals surface area contributed by atoms with E-state index >= 15 is 0 Å². The molecule has 4 rings (SSSR count). The van der Waals surface area contributed by atoms with E-state index < -0.39 is 11.8 Å². The number of aromatic nitrogens is 6. The number of amides is 2. The Kier molecular flexibility index (Phi) is 4.70. The molecule has 2 amide bonds. The number of aryl methyl sites for hydroxylation is 3. The maximum absolute atomic E-state index is 12.7. The second-order valence-corrected chi connectivity index (χ2v) is 6.61. The van der Waals surface area contributed by atoms with Crippen LogP contribution >= 0.6 is 0 Å². The number of nitrogens with one attached hydrogen (secondary N) is 2. The SMILES string of the molecule is CCn1nc(C(=O)NNC(=O)c2nc3nc(C)cc(C)n3n2)c2ccccc2c1=O. The van der Waals surface area contributed by atoms with Gasteiger partial charge in [-0.15, -0.1) is 5.10 Å². The Morgan fingerprint density at radius 3 is 2.43 bits per heavy atom. The average Bonchev–Trinajstić information content (AvgIpc) is 3.17. The molecule has 0 saturated heterocycles. The predicted octanol–water partition coefficient (Wildman–Crippen LogP) is 0.546. The van der Waals surface area contributed by atoms with E-state index in [4.69, 9.17) is 0 Å². The lowest BCUT2D eigenvalue weighted by Gasteiger charge is -2.10. The van der Waals surface area contributed by atoms with Crippen LogP contribution in [0.1, 0.15) is 39.4 Å². The third-order valence-corrected chi connectivity index (χ3v) is 4.49. The van der Waals surface area contributed by atoms with E-state index in [2.05, 4.69) is 31.0 Å². The number of carbonyl (C=O) groups is 2. The van der Waals surface area contributed by atoms with Crippen LogP contribution < -0.4 is 16.4 Å². The number of benzene rings is 1. The molecule has 11 heteroatoms. The van der Waals surface area contributed by atoms with E-state index in [0.29, 0.717) is 17.3 Å². The number of carbonyl (C=O) groups excluding carboxylic acids is 2. The normalized spacial score (nSPS) is 11.0. The largest absolute Gasteiger partial charge is 0.309 e. The smallest absolute Gasteiger partial charge is 0.267 e. The second-order valence-electron chi connectivity index (χ2n) is 6.61. The third kappa shape index (κ3) is 3.26. The molecule has 0 saturated carbocycles. The molecule has 0 aliphatic heterocycles. The van der Waals surface area contributed by atoms with Crippen LogP contribution in [0.25, 0.3) is 16.6 Å². The molecule has 4 aromatic rings. The van der Waals surface area contributed by atoms with Crippen molar-refractivity contribution in [1.29, 1.82) is 0 Å². The van der Waals surface area contributed by atoms with Gasteiger partial charge < -0.3 is 0 Å². The Hall–Kier alpha value is -4.15. The van der Waals surface area contributed by atoms with Gasteiger partial charge in [-0.2, -0.15) is 10.1 Å². The molecule has 1 aromatic carbocycles. The van der Waals surface area contributed by atoms with E-state index in [1.165, 1.54) is 9.20 Å². The molecule has 2 N–H and O–H groups in total. The summed E-state index contributed by atoms with van der Waals surface area (Å²) in [6.45, 7) is 5.68. The van der Waals surface area contributed by atoms with Gasteiger partial charge in [0.25, 0.3) is 17.2 Å². The molecular weight excluding hydrogens is 388 g/mol. The first-order chi connectivity index (χ1) is 14.4.